The van der Waals surface area contributed by atoms with E-state index in [1.54, 1.807) is 24.3 Å². The molecule has 0 radical (unpaired) electrons. The summed E-state index contributed by atoms with van der Waals surface area (Å²) >= 11 is 2.96. The minimum Gasteiger partial charge on any atom is -0.325 e. The van der Waals surface area contributed by atoms with E-state index in [2.05, 4.69) is 10.3 Å². The molecule has 1 aromatic carbocycles. The van der Waals surface area contributed by atoms with Crippen molar-refractivity contribution < 1.29 is 9.59 Å². The maximum absolute atomic E-state index is 11.8. The third-order valence-electron chi connectivity index (χ3n) is 2.50. The molecular formula is C14H14N2O2S2. The molecule has 1 N–H and O–H groups in total. The predicted molar refractivity (Wildman–Crippen MR) is 82.7 cm³/mol. The number of nitrogens with zero attached hydrogens (tertiary/aromatic N) is 1. The maximum atomic E-state index is 11.8. The van der Waals surface area contributed by atoms with Gasteiger partial charge in [0.2, 0.25) is 5.91 Å². The van der Waals surface area contributed by atoms with E-state index in [0.29, 0.717) is 17.0 Å². The van der Waals surface area contributed by atoms with Crippen LogP contribution in [-0.4, -0.2) is 22.4 Å². The topological polar surface area (TPSA) is 59.1 Å². The van der Waals surface area contributed by atoms with Gasteiger partial charge in [0.1, 0.15) is 0 Å². The van der Waals surface area contributed by atoms with Crippen molar-refractivity contribution in [3.05, 3.63) is 40.9 Å². The van der Waals surface area contributed by atoms with Crippen LogP contribution in [0.2, 0.25) is 0 Å². The van der Waals surface area contributed by atoms with Gasteiger partial charge in [0.05, 0.1) is 5.75 Å². The van der Waals surface area contributed by atoms with E-state index in [1.807, 2.05) is 12.3 Å². The van der Waals surface area contributed by atoms with Crippen LogP contribution in [0, 0.1) is 6.92 Å². The van der Waals surface area contributed by atoms with Crippen LogP contribution in [0.15, 0.2) is 34.0 Å². The number of rotatable bonds is 5. The quantitative estimate of drug-likeness (QED) is 0.679. The van der Waals surface area contributed by atoms with Crippen molar-refractivity contribution in [2.45, 2.75) is 18.2 Å². The van der Waals surface area contributed by atoms with Crippen molar-refractivity contribution in [3.8, 4) is 0 Å². The number of Topliss-reactive ketones (excluding diaryl/α,β-unsaturated/α-hetero) is 1. The van der Waals surface area contributed by atoms with Crippen LogP contribution in [0.4, 0.5) is 5.69 Å². The fourth-order valence-electron chi connectivity index (χ4n) is 1.51. The number of carbonyl (C=O) groups excluding carboxylic acids is 2. The Labute approximate surface area is 125 Å². The molecular weight excluding hydrogens is 292 g/mol. The molecule has 2 rings (SSSR count). The highest BCUT2D eigenvalue weighted by Crippen LogP contribution is 2.22. The summed E-state index contributed by atoms with van der Waals surface area (Å²) in [4.78, 5) is 27.2. The zero-order valence-electron chi connectivity index (χ0n) is 11.2. The van der Waals surface area contributed by atoms with Gasteiger partial charge < -0.3 is 5.32 Å². The zero-order chi connectivity index (χ0) is 14.5. The third kappa shape index (κ3) is 4.18. The zero-order valence-corrected chi connectivity index (χ0v) is 12.8. The molecule has 6 heteroatoms. The lowest BCUT2D eigenvalue weighted by molar-refractivity contribution is -0.113. The molecule has 0 unspecified atom stereocenters. The Bertz CT molecular complexity index is 620. The van der Waals surface area contributed by atoms with Crippen LogP contribution in [0.3, 0.4) is 0 Å². The molecule has 104 valence electrons. The molecule has 0 saturated heterocycles. The molecule has 0 aliphatic rings. The lowest BCUT2D eigenvalue weighted by Gasteiger charge is -2.04. The van der Waals surface area contributed by atoms with Crippen LogP contribution in [0.5, 0.6) is 0 Å². The lowest BCUT2D eigenvalue weighted by atomic mass is 10.1. The van der Waals surface area contributed by atoms with E-state index in [0.717, 1.165) is 10.0 Å². The van der Waals surface area contributed by atoms with Gasteiger partial charge in [-0.25, -0.2) is 4.98 Å². The van der Waals surface area contributed by atoms with E-state index >= 15 is 0 Å². The number of carbonyl (C=O) groups is 2. The van der Waals surface area contributed by atoms with E-state index in [9.17, 15) is 9.59 Å². The summed E-state index contributed by atoms with van der Waals surface area (Å²) in [5.41, 5.74) is 2.30. The molecule has 1 aromatic heterocycles. The fraction of sp³-hybridized carbons (Fsp3) is 0.214. The number of ketones is 1. The van der Waals surface area contributed by atoms with Crippen molar-refractivity contribution in [2.24, 2.45) is 0 Å². The standard InChI is InChI=1S/C14H14N2O2S2/c1-9-7-19-14(15-9)20-8-13(18)16-12-5-3-11(4-6-12)10(2)17/h3-7H,8H2,1-2H3,(H,16,18). The van der Waals surface area contributed by atoms with Gasteiger partial charge in [-0.1, -0.05) is 11.8 Å². The number of thiazole rings is 1. The van der Waals surface area contributed by atoms with Crippen LogP contribution in [0.1, 0.15) is 23.0 Å². The first-order valence-corrected chi connectivity index (χ1v) is 7.87. The van der Waals surface area contributed by atoms with Gasteiger partial charge in [-0.15, -0.1) is 11.3 Å². The first-order chi connectivity index (χ1) is 9.54. The Kier molecular flexibility index (Phi) is 4.92. The highest BCUT2D eigenvalue weighted by Gasteiger charge is 2.06. The normalized spacial score (nSPS) is 10.3. The lowest BCUT2D eigenvalue weighted by Crippen LogP contribution is -2.14. The summed E-state index contributed by atoms with van der Waals surface area (Å²) < 4.78 is 0.893. The van der Waals surface area contributed by atoms with Crippen molar-refractivity contribution in [1.82, 2.24) is 4.98 Å². The largest absolute Gasteiger partial charge is 0.325 e. The molecule has 1 heterocycles. The van der Waals surface area contributed by atoms with Crippen LogP contribution in [-0.2, 0) is 4.79 Å². The number of hydrogen-bond donors (Lipinski definition) is 1. The molecule has 0 aliphatic heterocycles. The van der Waals surface area contributed by atoms with E-state index in [-0.39, 0.29) is 11.7 Å². The van der Waals surface area contributed by atoms with Crippen molar-refractivity contribution in [1.29, 1.82) is 0 Å². The van der Waals surface area contributed by atoms with Gasteiger partial charge in [0, 0.05) is 22.3 Å². The predicted octanol–water partition coefficient (Wildman–Crippen LogP) is 3.38. The second kappa shape index (κ2) is 6.67. The second-order valence-electron chi connectivity index (χ2n) is 4.23. The Hall–Kier alpha value is -1.66. The first-order valence-electron chi connectivity index (χ1n) is 6.00. The van der Waals surface area contributed by atoms with Gasteiger partial charge >= 0.3 is 0 Å². The molecule has 2 aromatic rings. The summed E-state index contributed by atoms with van der Waals surface area (Å²) in [5.74, 6) is 0.248. The summed E-state index contributed by atoms with van der Waals surface area (Å²) in [5, 5.41) is 4.75. The van der Waals surface area contributed by atoms with Crippen LogP contribution in [0.25, 0.3) is 0 Å². The summed E-state index contributed by atoms with van der Waals surface area (Å²) in [6.07, 6.45) is 0. The van der Waals surface area contributed by atoms with E-state index in [1.165, 1.54) is 30.0 Å². The molecule has 0 atom stereocenters. The smallest absolute Gasteiger partial charge is 0.234 e. The summed E-state index contributed by atoms with van der Waals surface area (Å²) in [6.45, 7) is 3.44. The van der Waals surface area contributed by atoms with Gasteiger partial charge in [0.15, 0.2) is 10.1 Å². The Morgan fingerprint density at radius 2 is 2.00 bits per heavy atom. The van der Waals surface area contributed by atoms with Gasteiger partial charge in [-0.05, 0) is 38.1 Å². The third-order valence-corrected chi connectivity index (χ3v) is 4.64. The maximum Gasteiger partial charge on any atom is 0.234 e. The minimum atomic E-state index is -0.0848. The number of aromatic nitrogens is 1. The van der Waals surface area contributed by atoms with Crippen LogP contribution < -0.4 is 5.32 Å². The van der Waals surface area contributed by atoms with E-state index in [4.69, 9.17) is 0 Å². The molecule has 0 fully saturated rings. The van der Waals surface area contributed by atoms with Gasteiger partial charge in [0.25, 0.3) is 0 Å². The van der Waals surface area contributed by atoms with Crippen molar-refractivity contribution in [2.75, 3.05) is 11.1 Å². The molecule has 0 saturated carbocycles. The number of nitrogens with one attached hydrogen (secondary N) is 1. The highest BCUT2D eigenvalue weighted by atomic mass is 32.2. The molecule has 0 bridgehead atoms. The first kappa shape index (κ1) is 14.7. The number of aryl methyl sites for hydroxylation is 1. The number of benzene rings is 1. The Morgan fingerprint density at radius 3 is 2.55 bits per heavy atom. The number of amides is 1. The van der Waals surface area contributed by atoms with Crippen molar-refractivity contribution in [3.63, 3.8) is 0 Å². The SMILES string of the molecule is CC(=O)c1ccc(NC(=O)CSc2nc(C)cs2)cc1. The van der Waals surface area contributed by atoms with E-state index < -0.39 is 0 Å². The van der Waals surface area contributed by atoms with Crippen molar-refractivity contribution >= 4 is 40.5 Å². The second-order valence-corrected chi connectivity index (χ2v) is 6.31. The van der Waals surface area contributed by atoms with Crippen LogP contribution >= 0.6 is 23.1 Å². The van der Waals surface area contributed by atoms with Gasteiger partial charge in [-0.3, -0.25) is 9.59 Å². The average Bonchev–Trinajstić information content (AvgIpc) is 2.83. The highest BCUT2D eigenvalue weighted by molar-refractivity contribution is 8.01. The molecule has 0 aliphatic carbocycles. The Balaban J connectivity index is 1.86. The molecule has 0 spiro atoms. The number of hydrogen-bond acceptors (Lipinski definition) is 5. The average molecular weight is 306 g/mol. The molecule has 1 amide bonds. The fourth-order valence-corrected chi connectivity index (χ4v) is 3.16. The Morgan fingerprint density at radius 1 is 1.30 bits per heavy atom. The summed E-state index contributed by atoms with van der Waals surface area (Å²) in [7, 11) is 0. The monoisotopic (exact) mass is 306 g/mol. The number of thioether (sulfide) groups is 1. The number of anilines is 1. The van der Waals surface area contributed by atoms with Gasteiger partial charge in [-0.2, -0.15) is 0 Å². The summed E-state index contributed by atoms with van der Waals surface area (Å²) in [6, 6.07) is 6.87. The molecule has 4 nitrogen and oxygen atoms in total. The molecule has 20 heavy (non-hydrogen) atoms. The minimum absolute atomic E-state index is 0.0116.